The van der Waals surface area contributed by atoms with Gasteiger partial charge >= 0.3 is 0 Å². The number of carbonyl (C=O) groups is 1. The maximum absolute atomic E-state index is 11.0. The molecule has 1 aliphatic rings. The van der Waals surface area contributed by atoms with Crippen LogP contribution >= 0.6 is 23.1 Å². The summed E-state index contributed by atoms with van der Waals surface area (Å²) in [5, 5.41) is 11.5. The Morgan fingerprint density at radius 1 is 1.38 bits per heavy atom. The minimum atomic E-state index is -0.323. The summed E-state index contributed by atoms with van der Waals surface area (Å²) in [7, 11) is 0. The molecular weight excluding hydrogens is 304 g/mol. The van der Waals surface area contributed by atoms with Crippen LogP contribution in [0.3, 0.4) is 0 Å². The highest BCUT2D eigenvalue weighted by Gasteiger charge is 2.24. The molecule has 0 radical (unpaired) electrons. The minimum absolute atomic E-state index is 0.245. The van der Waals surface area contributed by atoms with Crippen molar-refractivity contribution in [1.82, 2.24) is 14.8 Å². The second-order valence-corrected chi connectivity index (χ2v) is 7.09. The maximum Gasteiger partial charge on any atom is 0.227 e. The molecule has 2 aromatic heterocycles. The standard InChI is InChI=1S/C14H18N4OS2/c15-12(19)9-21-14-17-16-13(11-7-4-8-20-11)18(14)10-5-2-1-3-6-10/h4,7-8,10H,1-3,5-6,9H2,(H2,15,19). The van der Waals surface area contributed by atoms with Gasteiger partial charge in [0.25, 0.3) is 0 Å². The van der Waals surface area contributed by atoms with Crippen molar-refractivity contribution < 1.29 is 4.79 Å². The SMILES string of the molecule is NC(=O)CSc1nnc(-c2cccs2)n1C1CCCCC1. The molecule has 2 heterocycles. The van der Waals surface area contributed by atoms with Gasteiger partial charge in [-0.05, 0) is 24.3 Å². The monoisotopic (exact) mass is 322 g/mol. The lowest BCUT2D eigenvalue weighted by atomic mass is 9.95. The van der Waals surface area contributed by atoms with E-state index in [1.54, 1.807) is 11.3 Å². The lowest BCUT2D eigenvalue weighted by Crippen LogP contribution is -2.17. The second-order valence-electron chi connectivity index (χ2n) is 5.20. The molecule has 0 saturated heterocycles. The Labute approximate surface area is 131 Å². The first-order valence-electron chi connectivity index (χ1n) is 7.15. The van der Waals surface area contributed by atoms with Crippen LogP contribution in [-0.4, -0.2) is 26.4 Å². The molecule has 2 N–H and O–H groups in total. The fourth-order valence-electron chi connectivity index (χ4n) is 2.75. The summed E-state index contributed by atoms with van der Waals surface area (Å²) in [5.74, 6) is 0.842. The first-order chi connectivity index (χ1) is 10.3. The van der Waals surface area contributed by atoms with Crippen molar-refractivity contribution in [3.05, 3.63) is 17.5 Å². The van der Waals surface area contributed by atoms with E-state index in [4.69, 9.17) is 5.73 Å². The summed E-state index contributed by atoms with van der Waals surface area (Å²) in [6.07, 6.45) is 6.09. The number of aromatic nitrogens is 3. The lowest BCUT2D eigenvalue weighted by molar-refractivity contribution is -0.115. The van der Waals surface area contributed by atoms with E-state index in [0.717, 1.165) is 28.7 Å². The Kier molecular flexibility index (Phi) is 4.60. The second kappa shape index (κ2) is 6.62. The number of amides is 1. The van der Waals surface area contributed by atoms with Gasteiger partial charge in [0.05, 0.1) is 10.6 Å². The first kappa shape index (κ1) is 14.6. The number of hydrogen-bond acceptors (Lipinski definition) is 5. The van der Waals surface area contributed by atoms with Crippen molar-refractivity contribution in [2.24, 2.45) is 5.73 Å². The number of thiophene rings is 1. The topological polar surface area (TPSA) is 73.8 Å². The van der Waals surface area contributed by atoms with Crippen LogP contribution < -0.4 is 5.73 Å². The number of hydrogen-bond donors (Lipinski definition) is 1. The number of rotatable bonds is 5. The molecule has 0 bridgehead atoms. The normalized spacial score (nSPS) is 16.2. The summed E-state index contributed by atoms with van der Waals surface area (Å²) in [6.45, 7) is 0. The Morgan fingerprint density at radius 3 is 2.86 bits per heavy atom. The van der Waals surface area contributed by atoms with Crippen molar-refractivity contribution in [3.63, 3.8) is 0 Å². The number of nitrogens with two attached hydrogens (primary N) is 1. The Hall–Kier alpha value is -1.34. The van der Waals surface area contributed by atoms with Crippen LogP contribution in [0.1, 0.15) is 38.1 Å². The number of primary amides is 1. The fraction of sp³-hybridized carbons (Fsp3) is 0.500. The van der Waals surface area contributed by atoms with E-state index < -0.39 is 0 Å². The van der Waals surface area contributed by atoms with E-state index in [1.165, 1.54) is 31.0 Å². The fourth-order valence-corrected chi connectivity index (χ4v) is 4.20. The van der Waals surface area contributed by atoms with E-state index in [9.17, 15) is 4.79 Å². The lowest BCUT2D eigenvalue weighted by Gasteiger charge is -2.25. The van der Waals surface area contributed by atoms with Crippen molar-refractivity contribution in [2.75, 3.05) is 5.75 Å². The third-order valence-electron chi connectivity index (χ3n) is 3.69. The van der Waals surface area contributed by atoms with Crippen LogP contribution in [0.2, 0.25) is 0 Å². The van der Waals surface area contributed by atoms with Gasteiger partial charge in [0.15, 0.2) is 11.0 Å². The van der Waals surface area contributed by atoms with Crippen LogP contribution in [0.25, 0.3) is 10.7 Å². The molecule has 5 nitrogen and oxygen atoms in total. The van der Waals surface area contributed by atoms with E-state index in [-0.39, 0.29) is 11.7 Å². The van der Waals surface area contributed by atoms with Crippen molar-refractivity contribution in [3.8, 4) is 10.7 Å². The summed E-state index contributed by atoms with van der Waals surface area (Å²) >= 11 is 3.05. The predicted molar refractivity (Wildman–Crippen MR) is 85.4 cm³/mol. The highest BCUT2D eigenvalue weighted by molar-refractivity contribution is 7.99. The molecule has 1 aliphatic carbocycles. The van der Waals surface area contributed by atoms with Crippen molar-refractivity contribution in [2.45, 2.75) is 43.3 Å². The van der Waals surface area contributed by atoms with Crippen LogP contribution in [-0.2, 0) is 4.79 Å². The Balaban J connectivity index is 1.94. The molecule has 1 saturated carbocycles. The third kappa shape index (κ3) is 3.29. The molecule has 0 aliphatic heterocycles. The molecular formula is C14H18N4OS2. The molecule has 0 aromatic carbocycles. The van der Waals surface area contributed by atoms with Gasteiger partial charge in [0.1, 0.15) is 0 Å². The van der Waals surface area contributed by atoms with Crippen LogP contribution in [0.15, 0.2) is 22.7 Å². The molecule has 3 rings (SSSR count). The zero-order valence-corrected chi connectivity index (χ0v) is 13.3. The smallest absolute Gasteiger partial charge is 0.227 e. The summed E-state index contributed by atoms with van der Waals surface area (Å²) in [5.41, 5.74) is 5.26. The Bertz CT molecular complexity index is 603. The van der Waals surface area contributed by atoms with Crippen molar-refractivity contribution >= 4 is 29.0 Å². The van der Waals surface area contributed by atoms with E-state index >= 15 is 0 Å². The Morgan fingerprint density at radius 2 is 2.19 bits per heavy atom. The molecule has 0 atom stereocenters. The minimum Gasteiger partial charge on any atom is -0.369 e. The van der Waals surface area contributed by atoms with Crippen LogP contribution in [0, 0.1) is 0 Å². The van der Waals surface area contributed by atoms with E-state index in [2.05, 4.69) is 20.8 Å². The molecule has 1 amide bonds. The van der Waals surface area contributed by atoms with Crippen LogP contribution in [0.4, 0.5) is 0 Å². The van der Waals surface area contributed by atoms with Gasteiger partial charge in [-0.25, -0.2) is 0 Å². The average molecular weight is 322 g/mol. The molecule has 21 heavy (non-hydrogen) atoms. The zero-order chi connectivity index (χ0) is 14.7. The van der Waals surface area contributed by atoms with Gasteiger partial charge in [0.2, 0.25) is 5.91 Å². The molecule has 7 heteroatoms. The highest BCUT2D eigenvalue weighted by atomic mass is 32.2. The number of thioether (sulfide) groups is 1. The molecule has 0 unspecified atom stereocenters. The summed E-state index contributed by atoms with van der Waals surface area (Å²) in [4.78, 5) is 12.2. The predicted octanol–water partition coefficient (Wildman–Crippen LogP) is 3.09. The zero-order valence-electron chi connectivity index (χ0n) is 11.7. The van der Waals surface area contributed by atoms with Crippen molar-refractivity contribution in [1.29, 1.82) is 0 Å². The largest absolute Gasteiger partial charge is 0.369 e. The van der Waals surface area contributed by atoms with Gasteiger partial charge in [0, 0.05) is 6.04 Å². The van der Waals surface area contributed by atoms with E-state index in [0.29, 0.717) is 6.04 Å². The maximum atomic E-state index is 11.0. The highest BCUT2D eigenvalue weighted by Crippen LogP contribution is 2.36. The number of nitrogens with zero attached hydrogens (tertiary/aromatic N) is 3. The first-order valence-corrected chi connectivity index (χ1v) is 9.02. The van der Waals surface area contributed by atoms with E-state index in [1.807, 2.05) is 11.4 Å². The van der Waals surface area contributed by atoms with Gasteiger partial charge in [-0.1, -0.05) is 37.1 Å². The molecule has 112 valence electrons. The molecule has 1 fully saturated rings. The van der Waals surface area contributed by atoms with Gasteiger partial charge in [-0.15, -0.1) is 21.5 Å². The molecule has 0 spiro atoms. The van der Waals surface area contributed by atoms with Gasteiger partial charge in [-0.2, -0.15) is 0 Å². The average Bonchev–Trinajstić information content (AvgIpc) is 3.15. The number of carbonyl (C=O) groups excluding carboxylic acids is 1. The van der Waals surface area contributed by atoms with Crippen LogP contribution in [0.5, 0.6) is 0 Å². The van der Waals surface area contributed by atoms with Gasteiger partial charge in [-0.3, -0.25) is 9.36 Å². The summed E-state index contributed by atoms with van der Waals surface area (Å²) in [6, 6.07) is 4.52. The third-order valence-corrected chi connectivity index (χ3v) is 5.52. The summed E-state index contributed by atoms with van der Waals surface area (Å²) < 4.78 is 2.22. The van der Waals surface area contributed by atoms with Gasteiger partial charge < -0.3 is 5.73 Å². The quantitative estimate of drug-likeness (QED) is 0.859. The molecule has 2 aromatic rings.